The third kappa shape index (κ3) is 4.33. The zero-order chi connectivity index (χ0) is 15.9. The number of unbranched alkanes of at least 4 members (excludes halogenated alkanes) is 2. The van der Waals surface area contributed by atoms with E-state index in [1.165, 1.54) is 5.56 Å². The summed E-state index contributed by atoms with van der Waals surface area (Å²) in [5, 5.41) is 0. The Morgan fingerprint density at radius 3 is 2.55 bits per heavy atom. The van der Waals surface area contributed by atoms with Gasteiger partial charge in [0.05, 0.1) is 12.1 Å². The van der Waals surface area contributed by atoms with Crippen LogP contribution in [0.4, 0.5) is 0 Å². The van der Waals surface area contributed by atoms with Gasteiger partial charge < -0.3 is 9.30 Å². The van der Waals surface area contributed by atoms with Crippen LogP contribution in [-0.2, 0) is 11.2 Å². The van der Waals surface area contributed by atoms with Crippen LogP contribution in [0.2, 0.25) is 0 Å². The first kappa shape index (κ1) is 16.5. The number of rotatable bonds is 8. The van der Waals surface area contributed by atoms with Crippen molar-refractivity contribution >= 4 is 11.6 Å². The smallest absolute Gasteiger partial charge is 0.228 e. The maximum atomic E-state index is 12.5. The second-order valence-corrected chi connectivity index (χ2v) is 5.97. The molecule has 2 heterocycles. The number of aromatic nitrogens is 2. The molecule has 0 saturated heterocycles. The van der Waals surface area contributed by atoms with Crippen molar-refractivity contribution in [3.8, 4) is 0 Å². The van der Waals surface area contributed by atoms with Crippen molar-refractivity contribution < 1.29 is 4.79 Å². The maximum absolute atomic E-state index is 12.5. The van der Waals surface area contributed by atoms with Crippen LogP contribution in [-0.4, -0.2) is 33.3 Å². The molecule has 0 atom stereocenters. The van der Waals surface area contributed by atoms with E-state index in [4.69, 9.17) is 0 Å². The van der Waals surface area contributed by atoms with Crippen LogP contribution in [0.15, 0.2) is 24.5 Å². The zero-order valence-electron chi connectivity index (χ0n) is 14.0. The fraction of sp³-hybridized carbons (Fsp3) is 0.556. The molecule has 4 nitrogen and oxygen atoms in total. The van der Waals surface area contributed by atoms with Gasteiger partial charge in [-0.3, -0.25) is 4.79 Å². The SMILES string of the molecule is CCCCN(CCCC)C(=O)Cc1cn2ccc(C)cc2n1. The van der Waals surface area contributed by atoms with Gasteiger partial charge in [-0.25, -0.2) is 4.98 Å². The van der Waals surface area contributed by atoms with Crippen LogP contribution in [0.1, 0.15) is 50.8 Å². The second kappa shape index (κ2) is 7.97. The lowest BCUT2D eigenvalue weighted by Gasteiger charge is -2.22. The van der Waals surface area contributed by atoms with E-state index in [1.807, 2.05) is 27.8 Å². The zero-order valence-corrected chi connectivity index (χ0v) is 14.0. The predicted octanol–water partition coefficient (Wildman–Crippen LogP) is 3.61. The Kier molecular flexibility index (Phi) is 5.99. The van der Waals surface area contributed by atoms with E-state index in [1.54, 1.807) is 0 Å². The molecular formula is C18H27N3O. The number of carbonyl (C=O) groups is 1. The standard InChI is InChI=1S/C18H27N3O/c1-4-6-9-20(10-7-5-2)18(22)13-16-14-21-11-8-15(3)12-17(21)19-16/h8,11-12,14H,4-7,9-10,13H2,1-3H3. The highest BCUT2D eigenvalue weighted by molar-refractivity contribution is 5.78. The number of aryl methyl sites for hydroxylation is 1. The van der Waals surface area contributed by atoms with Crippen LogP contribution in [0, 0.1) is 6.92 Å². The van der Waals surface area contributed by atoms with Crippen molar-refractivity contribution in [1.29, 1.82) is 0 Å². The van der Waals surface area contributed by atoms with Crippen LogP contribution in [0.5, 0.6) is 0 Å². The molecule has 1 amide bonds. The Labute approximate surface area is 133 Å². The highest BCUT2D eigenvalue weighted by Gasteiger charge is 2.15. The van der Waals surface area contributed by atoms with Crippen molar-refractivity contribution in [2.45, 2.75) is 52.9 Å². The van der Waals surface area contributed by atoms with Gasteiger partial charge in [0.25, 0.3) is 0 Å². The van der Waals surface area contributed by atoms with E-state index in [9.17, 15) is 4.79 Å². The van der Waals surface area contributed by atoms with Crippen LogP contribution in [0.25, 0.3) is 5.65 Å². The summed E-state index contributed by atoms with van der Waals surface area (Å²) in [5.41, 5.74) is 2.95. The molecule has 0 aliphatic rings. The molecule has 0 fully saturated rings. The monoisotopic (exact) mass is 301 g/mol. The first-order chi connectivity index (χ1) is 10.6. The van der Waals surface area contributed by atoms with E-state index in [-0.39, 0.29) is 5.91 Å². The van der Waals surface area contributed by atoms with Gasteiger partial charge in [0.1, 0.15) is 5.65 Å². The van der Waals surface area contributed by atoms with Crippen molar-refractivity contribution in [1.82, 2.24) is 14.3 Å². The molecule has 2 aromatic heterocycles. The van der Waals surface area contributed by atoms with Gasteiger partial charge in [-0.2, -0.15) is 0 Å². The normalized spacial score (nSPS) is 11.0. The summed E-state index contributed by atoms with van der Waals surface area (Å²) in [4.78, 5) is 19.1. The Balaban J connectivity index is 2.05. The Morgan fingerprint density at radius 1 is 1.23 bits per heavy atom. The molecule has 0 radical (unpaired) electrons. The Bertz CT molecular complexity index is 610. The number of amides is 1. The van der Waals surface area contributed by atoms with Gasteiger partial charge in [-0.15, -0.1) is 0 Å². The minimum Gasteiger partial charge on any atom is -0.342 e. The largest absolute Gasteiger partial charge is 0.342 e. The lowest BCUT2D eigenvalue weighted by atomic mass is 10.2. The van der Waals surface area contributed by atoms with Crippen LogP contribution >= 0.6 is 0 Å². The van der Waals surface area contributed by atoms with E-state index in [0.29, 0.717) is 6.42 Å². The first-order valence-corrected chi connectivity index (χ1v) is 8.36. The quantitative estimate of drug-likeness (QED) is 0.747. The number of carbonyl (C=O) groups excluding carboxylic acids is 1. The summed E-state index contributed by atoms with van der Waals surface area (Å²) < 4.78 is 1.98. The number of pyridine rings is 1. The predicted molar refractivity (Wildman–Crippen MR) is 90.0 cm³/mol. The van der Waals surface area contributed by atoms with E-state index < -0.39 is 0 Å². The topological polar surface area (TPSA) is 37.6 Å². The molecule has 0 aliphatic carbocycles. The molecule has 22 heavy (non-hydrogen) atoms. The van der Waals surface area contributed by atoms with Gasteiger partial charge in [-0.1, -0.05) is 26.7 Å². The summed E-state index contributed by atoms with van der Waals surface area (Å²) in [6, 6.07) is 4.09. The summed E-state index contributed by atoms with van der Waals surface area (Å²) in [6.07, 6.45) is 8.73. The third-order valence-corrected chi connectivity index (χ3v) is 3.91. The van der Waals surface area contributed by atoms with Gasteiger partial charge >= 0.3 is 0 Å². The number of hydrogen-bond acceptors (Lipinski definition) is 2. The van der Waals surface area contributed by atoms with E-state index in [2.05, 4.69) is 31.8 Å². The van der Waals surface area contributed by atoms with Crippen molar-refractivity contribution in [2.24, 2.45) is 0 Å². The van der Waals surface area contributed by atoms with Crippen LogP contribution < -0.4 is 0 Å². The van der Waals surface area contributed by atoms with E-state index in [0.717, 1.165) is 50.1 Å². The molecule has 0 aliphatic heterocycles. The highest BCUT2D eigenvalue weighted by atomic mass is 16.2. The minimum atomic E-state index is 0.196. The molecule has 0 spiro atoms. The molecule has 0 aromatic carbocycles. The molecule has 0 N–H and O–H groups in total. The van der Waals surface area contributed by atoms with Crippen molar-refractivity contribution in [3.63, 3.8) is 0 Å². The Morgan fingerprint density at radius 2 is 1.91 bits per heavy atom. The van der Waals surface area contributed by atoms with E-state index >= 15 is 0 Å². The summed E-state index contributed by atoms with van der Waals surface area (Å²) in [5.74, 6) is 0.196. The summed E-state index contributed by atoms with van der Waals surface area (Å²) >= 11 is 0. The number of fused-ring (bicyclic) bond motifs is 1. The van der Waals surface area contributed by atoms with Gasteiger partial charge in [-0.05, 0) is 37.5 Å². The average molecular weight is 301 g/mol. The fourth-order valence-electron chi connectivity index (χ4n) is 2.55. The summed E-state index contributed by atoms with van der Waals surface area (Å²) in [6.45, 7) is 8.10. The third-order valence-electron chi connectivity index (χ3n) is 3.91. The first-order valence-electron chi connectivity index (χ1n) is 8.36. The molecule has 0 unspecified atom stereocenters. The fourth-order valence-corrected chi connectivity index (χ4v) is 2.55. The molecule has 0 saturated carbocycles. The second-order valence-electron chi connectivity index (χ2n) is 5.97. The van der Waals surface area contributed by atoms with Gasteiger partial charge in [0.15, 0.2) is 0 Å². The average Bonchev–Trinajstić information content (AvgIpc) is 2.88. The number of hydrogen-bond donors (Lipinski definition) is 0. The molecule has 4 heteroatoms. The molecule has 120 valence electrons. The van der Waals surface area contributed by atoms with Crippen LogP contribution in [0.3, 0.4) is 0 Å². The molecule has 0 bridgehead atoms. The molecule has 2 aromatic rings. The highest BCUT2D eigenvalue weighted by Crippen LogP contribution is 2.10. The summed E-state index contributed by atoms with van der Waals surface area (Å²) in [7, 11) is 0. The molecular weight excluding hydrogens is 274 g/mol. The lowest BCUT2D eigenvalue weighted by Crippen LogP contribution is -2.34. The Hall–Kier alpha value is -1.84. The van der Waals surface area contributed by atoms with Gasteiger partial charge in [0.2, 0.25) is 5.91 Å². The number of nitrogens with zero attached hydrogens (tertiary/aromatic N) is 3. The van der Waals surface area contributed by atoms with Crippen molar-refractivity contribution in [2.75, 3.05) is 13.1 Å². The lowest BCUT2D eigenvalue weighted by molar-refractivity contribution is -0.130. The number of imidazole rings is 1. The minimum absolute atomic E-state index is 0.196. The molecule has 2 rings (SSSR count). The van der Waals surface area contributed by atoms with Gasteiger partial charge in [0, 0.05) is 25.5 Å². The van der Waals surface area contributed by atoms with Crippen molar-refractivity contribution in [3.05, 3.63) is 35.8 Å². The maximum Gasteiger partial charge on any atom is 0.228 e.